The lowest BCUT2D eigenvalue weighted by molar-refractivity contribution is -0.128. The first kappa shape index (κ1) is 15.9. The zero-order chi connectivity index (χ0) is 16.5. The van der Waals surface area contributed by atoms with Crippen molar-refractivity contribution in [2.75, 3.05) is 7.11 Å². The number of nitrogens with zero attached hydrogens (tertiary/aromatic N) is 1. The highest BCUT2D eigenvalue weighted by atomic mass is 19.4. The lowest BCUT2D eigenvalue weighted by Crippen LogP contribution is -2.37. The Balaban J connectivity index is 2.57. The minimum atomic E-state index is -4.51. The number of halogens is 3. The fraction of sp³-hybridized carbons (Fsp3) is 0.286. The van der Waals surface area contributed by atoms with Gasteiger partial charge in [0.25, 0.3) is 5.56 Å². The maximum atomic E-state index is 12.4. The van der Waals surface area contributed by atoms with Crippen LogP contribution >= 0.6 is 0 Å². The zero-order valence-corrected chi connectivity index (χ0v) is 11.8. The molecule has 5 nitrogen and oxygen atoms in total. The predicted molar refractivity (Wildman–Crippen MR) is 73.7 cm³/mol. The zero-order valence-electron chi connectivity index (χ0n) is 11.8. The summed E-state index contributed by atoms with van der Waals surface area (Å²) in [6.07, 6.45) is -5.86. The molecule has 0 bridgehead atoms. The van der Waals surface area contributed by atoms with Crippen molar-refractivity contribution < 1.29 is 17.9 Å². The number of hydrogen-bond acceptors (Lipinski definition) is 3. The third-order valence-electron chi connectivity index (χ3n) is 3.15. The molecule has 22 heavy (non-hydrogen) atoms. The highest BCUT2D eigenvalue weighted by molar-refractivity contribution is 5.38. The molecule has 1 aromatic heterocycles. The van der Waals surface area contributed by atoms with Gasteiger partial charge in [0.2, 0.25) is 0 Å². The summed E-state index contributed by atoms with van der Waals surface area (Å²) < 4.78 is 43.1. The van der Waals surface area contributed by atoms with Crippen LogP contribution in [0.5, 0.6) is 5.75 Å². The highest BCUT2D eigenvalue weighted by Crippen LogP contribution is 2.20. The number of aromatic nitrogens is 2. The molecule has 1 N–H and O–H groups in total. The molecule has 0 radical (unpaired) electrons. The summed E-state index contributed by atoms with van der Waals surface area (Å²) in [6.45, 7) is 1.25. The first-order valence-electron chi connectivity index (χ1n) is 6.29. The summed E-state index contributed by atoms with van der Waals surface area (Å²) in [5, 5.41) is 0. The molecule has 0 saturated carbocycles. The van der Waals surface area contributed by atoms with Crippen LogP contribution in [0.4, 0.5) is 13.2 Å². The van der Waals surface area contributed by atoms with Gasteiger partial charge in [-0.3, -0.25) is 4.79 Å². The van der Waals surface area contributed by atoms with E-state index in [0.717, 1.165) is 4.57 Å². The molecule has 0 spiro atoms. The van der Waals surface area contributed by atoms with Gasteiger partial charge in [-0.15, -0.1) is 0 Å². The number of ether oxygens (including phenoxy) is 1. The second-order valence-electron chi connectivity index (χ2n) is 4.66. The van der Waals surface area contributed by atoms with Crippen LogP contribution in [0.1, 0.15) is 11.3 Å². The Morgan fingerprint density at radius 3 is 2.27 bits per heavy atom. The van der Waals surface area contributed by atoms with Crippen molar-refractivity contribution in [1.29, 1.82) is 0 Å². The number of aromatic amines is 1. The summed E-state index contributed by atoms with van der Waals surface area (Å²) >= 11 is 0. The van der Waals surface area contributed by atoms with E-state index in [4.69, 9.17) is 4.74 Å². The summed E-state index contributed by atoms with van der Waals surface area (Å²) in [6, 6.07) is 6.02. The van der Waals surface area contributed by atoms with Crippen LogP contribution in [0.25, 0.3) is 5.69 Å². The van der Waals surface area contributed by atoms with E-state index in [1.807, 2.05) is 0 Å². The molecule has 1 aromatic carbocycles. The maximum Gasteiger partial charge on any atom is 0.394 e. The van der Waals surface area contributed by atoms with E-state index in [0.29, 0.717) is 5.75 Å². The largest absolute Gasteiger partial charge is 0.497 e. The Kier molecular flexibility index (Phi) is 4.11. The molecule has 0 fully saturated rings. The first-order chi connectivity index (χ1) is 10.2. The van der Waals surface area contributed by atoms with Gasteiger partial charge >= 0.3 is 11.9 Å². The number of methoxy groups -OCH3 is 1. The van der Waals surface area contributed by atoms with Crippen LogP contribution in [-0.4, -0.2) is 22.8 Å². The minimum absolute atomic E-state index is 0.146. The summed E-state index contributed by atoms with van der Waals surface area (Å²) in [5.41, 5.74) is -2.03. The van der Waals surface area contributed by atoms with Gasteiger partial charge in [0.1, 0.15) is 5.75 Å². The second-order valence-corrected chi connectivity index (χ2v) is 4.66. The average Bonchev–Trinajstić information content (AvgIpc) is 2.44. The lowest BCUT2D eigenvalue weighted by atomic mass is 10.2. The highest BCUT2D eigenvalue weighted by Gasteiger charge is 2.30. The number of nitrogens with one attached hydrogen (secondary N) is 1. The van der Waals surface area contributed by atoms with Gasteiger partial charge in [0, 0.05) is 11.3 Å². The number of benzene rings is 1. The Labute approximate surface area is 123 Å². The lowest BCUT2D eigenvalue weighted by Gasteiger charge is -2.12. The van der Waals surface area contributed by atoms with Crippen molar-refractivity contribution in [3.63, 3.8) is 0 Å². The van der Waals surface area contributed by atoms with Gasteiger partial charge in [-0.2, -0.15) is 13.2 Å². The fourth-order valence-electron chi connectivity index (χ4n) is 2.01. The third-order valence-corrected chi connectivity index (χ3v) is 3.15. The average molecular weight is 314 g/mol. The Morgan fingerprint density at radius 1 is 1.18 bits per heavy atom. The molecule has 1 heterocycles. The molecule has 118 valence electrons. The predicted octanol–water partition coefficient (Wildman–Crippen LogP) is 1.95. The molecular weight excluding hydrogens is 301 g/mol. The van der Waals surface area contributed by atoms with Crippen LogP contribution in [0.15, 0.2) is 33.9 Å². The van der Waals surface area contributed by atoms with Gasteiger partial charge < -0.3 is 9.72 Å². The maximum absolute atomic E-state index is 12.4. The minimum Gasteiger partial charge on any atom is -0.497 e. The van der Waals surface area contributed by atoms with Crippen molar-refractivity contribution in [3.8, 4) is 11.4 Å². The smallest absolute Gasteiger partial charge is 0.394 e. The molecule has 2 aromatic rings. The van der Waals surface area contributed by atoms with Crippen LogP contribution in [-0.2, 0) is 6.42 Å². The van der Waals surface area contributed by atoms with Crippen molar-refractivity contribution in [3.05, 3.63) is 56.4 Å². The summed E-state index contributed by atoms with van der Waals surface area (Å²) in [5.74, 6) is 0.527. The van der Waals surface area contributed by atoms with E-state index in [-0.39, 0.29) is 11.3 Å². The van der Waals surface area contributed by atoms with E-state index in [2.05, 4.69) is 4.98 Å². The van der Waals surface area contributed by atoms with Crippen LogP contribution in [0.2, 0.25) is 0 Å². The van der Waals surface area contributed by atoms with E-state index in [9.17, 15) is 22.8 Å². The molecule has 0 aliphatic heterocycles. The van der Waals surface area contributed by atoms with Crippen LogP contribution < -0.4 is 16.0 Å². The van der Waals surface area contributed by atoms with E-state index < -0.39 is 29.5 Å². The van der Waals surface area contributed by atoms with Crippen molar-refractivity contribution >= 4 is 0 Å². The van der Waals surface area contributed by atoms with Gasteiger partial charge in [-0.05, 0) is 31.2 Å². The quantitative estimate of drug-likeness (QED) is 0.942. The molecule has 0 saturated heterocycles. The van der Waals surface area contributed by atoms with Crippen LogP contribution in [0, 0.1) is 6.92 Å². The van der Waals surface area contributed by atoms with Gasteiger partial charge in [-0.1, -0.05) is 0 Å². The summed E-state index contributed by atoms with van der Waals surface area (Å²) in [4.78, 5) is 26.3. The van der Waals surface area contributed by atoms with Gasteiger partial charge in [0.05, 0.1) is 19.2 Å². The molecule has 0 aliphatic carbocycles. The first-order valence-corrected chi connectivity index (χ1v) is 6.29. The van der Waals surface area contributed by atoms with Gasteiger partial charge in [0.15, 0.2) is 0 Å². The third kappa shape index (κ3) is 3.21. The molecule has 2 rings (SSSR count). The van der Waals surface area contributed by atoms with E-state index in [1.54, 1.807) is 12.1 Å². The molecule has 0 atom stereocenters. The fourth-order valence-corrected chi connectivity index (χ4v) is 2.01. The van der Waals surface area contributed by atoms with Crippen LogP contribution in [0.3, 0.4) is 0 Å². The number of rotatable bonds is 3. The van der Waals surface area contributed by atoms with Crippen molar-refractivity contribution in [1.82, 2.24) is 9.55 Å². The molecule has 0 unspecified atom stereocenters. The molecular formula is C14H13F3N2O3. The normalized spacial score (nSPS) is 11.5. The summed E-state index contributed by atoms with van der Waals surface area (Å²) in [7, 11) is 1.46. The topological polar surface area (TPSA) is 64.1 Å². The Hall–Kier alpha value is -2.51. The molecule has 0 amide bonds. The Bertz CT molecular complexity index is 789. The van der Waals surface area contributed by atoms with E-state index >= 15 is 0 Å². The number of alkyl halides is 3. The second kappa shape index (κ2) is 5.70. The Morgan fingerprint density at radius 2 is 1.77 bits per heavy atom. The standard InChI is InChI=1S/C14H13F3N2O3/c1-8-11(7-14(15,16)17)18-13(21)19(12(8)20)9-3-5-10(22-2)6-4-9/h3-6H,7H2,1-2H3,(H,18,21). The van der Waals surface area contributed by atoms with Crippen molar-refractivity contribution in [2.45, 2.75) is 19.5 Å². The number of hydrogen-bond donors (Lipinski definition) is 1. The SMILES string of the molecule is COc1ccc(-n2c(=O)[nH]c(CC(F)(F)F)c(C)c2=O)cc1. The van der Waals surface area contributed by atoms with Crippen molar-refractivity contribution in [2.24, 2.45) is 0 Å². The molecule has 8 heteroatoms. The molecule has 0 aliphatic rings. The number of H-pyrrole nitrogens is 1. The van der Waals surface area contributed by atoms with E-state index in [1.165, 1.54) is 26.2 Å². The van der Waals surface area contributed by atoms with Gasteiger partial charge in [-0.25, -0.2) is 9.36 Å². The monoisotopic (exact) mass is 314 g/mol.